The summed E-state index contributed by atoms with van der Waals surface area (Å²) in [6.45, 7) is 5.59. The Morgan fingerprint density at radius 3 is 2.37 bits per heavy atom. The van der Waals surface area contributed by atoms with Gasteiger partial charge in [0.15, 0.2) is 0 Å². The molecule has 35 heavy (non-hydrogen) atoms. The highest BCUT2D eigenvalue weighted by atomic mass is 32.2. The fourth-order valence-electron chi connectivity index (χ4n) is 3.81. The van der Waals surface area contributed by atoms with Crippen molar-refractivity contribution >= 4 is 27.7 Å². The van der Waals surface area contributed by atoms with Gasteiger partial charge in [-0.15, -0.1) is 0 Å². The van der Waals surface area contributed by atoms with Crippen molar-refractivity contribution in [3.63, 3.8) is 0 Å². The summed E-state index contributed by atoms with van der Waals surface area (Å²) in [4.78, 5) is 39.6. The summed E-state index contributed by atoms with van der Waals surface area (Å²) in [5.41, 5.74) is 0.368. The third kappa shape index (κ3) is 5.87. The van der Waals surface area contributed by atoms with Crippen molar-refractivity contribution < 1.29 is 27.2 Å². The van der Waals surface area contributed by atoms with Crippen molar-refractivity contribution in [3.05, 3.63) is 65.5 Å². The van der Waals surface area contributed by atoms with E-state index in [0.29, 0.717) is 6.54 Å². The molecule has 188 valence electrons. The summed E-state index contributed by atoms with van der Waals surface area (Å²) in [5, 5.41) is 2.79. The summed E-state index contributed by atoms with van der Waals surface area (Å²) in [7, 11) is -3.97. The van der Waals surface area contributed by atoms with Crippen LogP contribution in [0.1, 0.15) is 49.5 Å². The van der Waals surface area contributed by atoms with E-state index in [1.54, 1.807) is 31.2 Å². The molecule has 0 aliphatic carbocycles. The van der Waals surface area contributed by atoms with Gasteiger partial charge in [0, 0.05) is 31.6 Å². The second-order valence-electron chi connectivity index (χ2n) is 8.91. The van der Waals surface area contributed by atoms with Crippen LogP contribution in [-0.2, 0) is 26.2 Å². The van der Waals surface area contributed by atoms with Gasteiger partial charge in [-0.3, -0.25) is 14.4 Å². The van der Waals surface area contributed by atoms with Crippen LogP contribution in [0.3, 0.4) is 0 Å². The quantitative estimate of drug-likeness (QED) is 0.537. The molecule has 0 spiro atoms. The molecular formula is C25H30FN3O5S. The maximum Gasteiger partial charge on any atom is 0.269 e. The zero-order valence-electron chi connectivity index (χ0n) is 20.0. The van der Waals surface area contributed by atoms with Crippen LogP contribution in [0.5, 0.6) is 0 Å². The smallest absolute Gasteiger partial charge is 0.269 e. The topological polar surface area (TPSA) is 104 Å². The van der Waals surface area contributed by atoms with Gasteiger partial charge in [-0.1, -0.05) is 44.2 Å². The van der Waals surface area contributed by atoms with E-state index < -0.39 is 33.7 Å². The Morgan fingerprint density at radius 1 is 1.06 bits per heavy atom. The predicted molar refractivity (Wildman–Crippen MR) is 128 cm³/mol. The standard InChI is InChI=1S/C25H30FN3O5S/c1-17(2)15-27-24(31)18(3)28(16-19-9-4-6-11-21(19)26)23(30)13-8-14-29-25(32)20-10-5-7-12-22(20)35(29,33)34/h4-7,9-12,17-18H,8,13-16H2,1-3H3,(H,27,31)/t18-/m1/s1. The molecule has 0 saturated heterocycles. The number of hydrogen-bond donors (Lipinski definition) is 1. The molecule has 1 aliphatic heterocycles. The van der Waals surface area contributed by atoms with Gasteiger partial charge in [-0.05, 0) is 37.5 Å². The number of halogens is 1. The predicted octanol–water partition coefficient (Wildman–Crippen LogP) is 2.94. The number of sulfonamides is 1. The molecule has 0 radical (unpaired) electrons. The van der Waals surface area contributed by atoms with Crippen LogP contribution in [0.2, 0.25) is 0 Å². The molecule has 3 amide bonds. The van der Waals surface area contributed by atoms with Crippen molar-refractivity contribution in [1.29, 1.82) is 0 Å². The number of rotatable bonds is 10. The molecule has 0 fully saturated rings. The number of benzene rings is 2. The summed E-state index contributed by atoms with van der Waals surface area (Å²) in [5.74, 6) is -1.71. The Balaban J connectivity index is 1.71. The van der Waals surface area contributed by atoms with E-state index in [-0.39, 0.29) is 53.8 Å². The zero-order chi connectivity index (χ0) is 25.8. The van der Waals surface area contributed by atoms with Crippen LogP contribution in [0.15, 0.2) is 53.4 Å². The summed E-state index contributed by atoms with van der Waals surface area (Å²) in [6, 6.07) is 11.1. The van der Waals surface area contributed by atoms with Crippen LogP contribution in [0.25, 0.3) is 0 Å². The largest absolute Gasteiger partial charge is 0.354 e. The van der Waals surface area contributed by atoms with E-state index in [0.717, 1.165) is 4.31 Å². The third-order valence-corrected chi connectivity index (χ3v) is 7.65. The zero-order valence-corrected chi connectivity index (χ0v) is 20.8. The van der Waals surface area contributed by atoms with Crippen LogP contribution in [0, 0.1) is 11.7 Å². The first-order chi connectivity index (χ1) is 16.5. The number of amides is 3. The van der Waals surface area contributed by atoms with Crippen molar-refractivity contribution in [2.45, 2.75) is 51.1 Å². The molecule has 1 heterocycles. The van der Waals surface area contributed by atoms with E-state index in [2.05, 4.69) is 5.32 Å². The molecule has 0 bridgehead atoms. The molecule has 2 aromatic carbocycles. The van der Waals surface area contributed by atoms with Crippen LogP contribution >= 0.6 is 0 Å². The highest BCUT2D eigenvalue weighted by Gasteiger charge is 2.40. The summed E-state index contributed by atoms with van der Waals surface area (Å²) >= 11 is 0. The first-order valence-electron chi connectivity index (χ1n) is 11.5. The number of carbonyl (C=O) groups is 3. The SMILES string of the molecule is CC(C)CNC(=O)[C@@H](C)N(Cc1ccccc1F)C(=O)CCCN1C(=O)c2ccccc2S1(=O)=O. The molecule has 10 heteroatoms. The second kappa shape index (κ2) is 11.0. The fraction of sp³-hybridized carbons (Fsp3) is 0.400. The van der Waals surface area contributed by atoms with Gasteiger partial charge in [0.1, 0.15) is 16.8 Å². The van der Waals surface area contributed by atoms with Gasteiger partial charge in [0.25, 0.3) is 15.9 Å². The van der Waals surface area contributed by atoms with Gasteiger partial charge in [0.05, 0.1) is 5.56 Å². The average Bonchev–Trinajstić information content (AvgIpc) is 3.02. The second-order valence-corrected chi connectivity index (χ2v) is 10.7. The first kappa shape index (κ1) is 26.3. The Morgan fingerprint density at radius 2 is 1.71 bits per heavy atom. The van der Waals surface area contributed by atoms with Crippen molar-refractivity contribution in [1.82, 2.24) is 14.5 Å². The molecule has 0 saturated carbocycles. The molecule has 1 N–H and O–H groups in total. The normalized spacial score (nSPS) is 15.1. The Labute approximate surface area is 205 Å². The Hall–Kier alpha value is -3.27. The minimum atomic E-state index is -3.97. The molecule has 1 aliphatic rings. The van der Waals surface area contributed by atoms with Gasteiger partial charge in [0.2, 0.25) is 11.8 Å². The molecule has 8 nitrogen and oxygen atoms in total. The van der Waals surface area contributed by atoms with Crippen molar-refractivity contribution in [3.8, 4) is 0 Å². The molecular weight excluding hydrogens is 473 g/mol. The third-order valence-electron chi connectivity index (χ3n) is 5.81. The maximum atomic E-state index is 14.3. The van der Waals surface area contributed by atoms with Crippen LogP contribution in [-0.4, -0.2) is 54.5 Å². The van der Waals surface area contributed by atoms with Gasteiger partial charge >= 0.3 is 0 Å². The lowest BCUT2D eigenvalue weighted by Gasteiger charge is -2.29. The minimum absolute atomic E-state index is 0.0482. The monoisotopic (exact) mass is 503 g/mol. The lowest BCUT2D eigenvalue weighted by Crippen LogP contribution is -2.48. The van der Waals surface area contributed by atoms with Gasteiger partial charge in [-0.25, -0.2) is 17.1 Å². The first-order valence-corrected chi connectivity index (χ1v) is 12.9. The highest BCUT2D eigenvalue weighted by Crippen LogP contribution is 2.30. The van der Waals surface area contributed by atoms with E-state index in [1.165, 1.54) is 29.2 Å². The van der Waals surface area contributed by atoms with Gasteiger partial charge in [-0.2, -0.15) is 0 Å². The van der Waals surface area contributed by atoms with Crippen LogP contribution in [0.4, 0.5) is 4.39 Å². The molecule has 2 aromatic rings. The number of fused-ring (bicyclic) bond motifs is 1. The molecule has 1 atom stereocenters. The van der Waals surface area contributed by atoms with Crippen molar-refractivity contribution in [2.75, 3.05) is 13.1 Å². The number of carbonyl (C=O) groups excluding carboxylic acids is 3. The Bertz CT molecular complexity index is 1220. The van der Waals surface area contributed by atoms with E-state index in [4.69, 9.17) is 0 Å². The minimum Gasteiger partial charge on any atom is -0.354 e. The highest BCUT2D eigenvalue weighted by molar-refractivity contribution is 7.90. The number of hydrogen-bond acceptors (Lipinski definition) is 5. The number of nitrogens with one attached hydrogen (secondary N) is 1. The van der Waals surface area contributed by atoms with Crippen molar-refractivity contribution in [2.24, 2.45) is 5.92 Å². The lowest BCUT2D eigenvalue weighted by atomic mass is 10.1. The Kier molecular flexibility index (Phi) is 8.26. The maximum absolute atomic E-state index is 14.3. The fourth-order valence-corrected chi connectivity index (χ4v) is 5.42. The molecule has 0 aromatic heterocycles. The van der Waals surface area contributed by atoms with E-state index in [1.807, 2.05) is 13.8 Å². The average molecular weight is 504 g/mol. The molecule has 0 unspecified atom stereocenters. The summed E-state index contributed by atoms with van der Waals surface area (Å²) in [6.07, 6.45) is -0.0577. The molecule has 3 rings (SSSR count). The van der Waals surface area contributed by atoms with E-state index >= 15 is 0 Å². The van der Waals surface area contributed by atoms with Crippen LogP contribution < -0.4 is 5.32 Å². The summed E-state index contributed by atoms with van der Waals surface area (Å²) < 4.78 is 40.5. The lowest BCUT2D eigenvalue weighted by molar-refractivity contribution is -0.140. The van der Waals surface area contributed by atoms with E-state index in [9.17, 15) is 27.2 Å². The number of nitrogens with zero attached hydrogens (tertiary/aromatic N) is 2. The van der Waals surface area contributed by atoms with Gasteiger partial charge < -0.3 is 10.2 Å².